The minimum absolute atomic E-state index is 0.194. The number of likely N-dealkylation sites (tertiary alicyclic amines) is 1. The molecule has 30 heavy (non-hydrogen) atoms. The second kappa shape index (κ2) is 9.04. The van der Waals surface area contributed by atoms with Gasteiger partial charge in [-0.05, 0) is 58.6 Å². The summed E-state index contributed by atoms with van der Waals surface area (Å²) in [5.41, 5.74) is 1.90. The third-order valence-corrected chi connectivity index (χ3v) is 6.36. The lowest BCUT2D eigenvalue weighted by molar-refractivity contribution is 0.0196. The van der Waals surface area contributed by atoms with Crippen molar-refractivity contribution in [2.75, 3.05) is 25.5 Å². The van der Waals surface area contributed by atoms with E-state index in [-0.39, 0.29) is 12.1 Å². The van der Waals surface area contributed by atoms with Crippen LogP contribution in [0.15, 0.2) is 24.7 Å². The van der Waals surface area contributed by atoms with Crippen LogP contribution in [0.3, 0.4) is 0 Å². The molecule has 0 spiro atoms. The number of halogens is 1. The van der Waals surface area contributed by atoms with E-state index in [1.165, 1.54) is 0 Å². The average Bonchev–Trinajstić information content (AvgIpc) is 2.72. The molecule has 0 unspecified atom stereocenters. The summed E-state index contributed by atoms with van der Waals surface area (Å²) in [4.78, 5) is 15.6. The Morgan fingerprint density at radius 1 is 1.10 bits per heavy atom. The van der Waals surface area contributed by atoms with Crippen molar-refractivity contribution in [2.45, 2.75) is 63.2 Å². The fourth-order valence-electron chi connectivity index (χ4n) is 4.15. The van der Waals surface area contributed by atoms with Crippen LogP contribution in [0.4, 0.5) is 5.69 Å². The minimum atomic E-state index is -0.564. The predicted octanol–water partition coefficient (Wildman–Crippen LogP) is 3.77. The first kappa shape index (κ1) is 21.3. The number of hydrogen-bond donors (Lipinski definition) is 2. The second-order valence-corrected chi connectivity index (χ2v) is 9.22. The molecule has 0 atom stereocenters. The number of rotatable bonds is 5. The van der Waals surface area contributed by atoms with Gasteiger partial charge in [0.15, 0.2) is 0 Å². The molecule has 162 valence electrons. The van der Waals surface area contributed by atoms with E-state index in [1.807, 2.05) is 13.0 Å². The number of ether oxygens (including phenoxy) is 1. The van der Waals surface area contributed by atoms with Crippen LogP contribution in [0.5, 0.6) is 5.88 Å². The number of pyridine rings is 1. The van der Waals surface area contributed by atoms with Gasteiger partial charge in [0.25, 0.3) is 0 Å². The quantitative estimate of drug-likeness (QED) is 0.697. The normalized spacial score (nSPS) is 25.8. The van der Waals surface area contributed by atoms with E-state index in [1.54, 1.807) is 18.6 Å². The average molecular weight is 432 g/mol. The standard InChI is InChI=1S/C22H30ClN5O2/c1-22(29)7-3-15(4-8-22)27-18-11-20(23)25-12-17(18)19-13-26-21(14-24-19)30-16-5-9-28(2)10-6-16/h11-16,29H,3-10H2,1-2H3,(H,25,27). The molecule has 2 aliphatic rings. The molecule has 4 rings (SSSR count). The Kier molecular flexibility index (Phi) is 6.41. The van der Waals surface area contributed by atoms with E-state index in [0.717, 1.165) is 68.6 Å². The summed E-state index contributed by atoms with van der Waals surface area (Å²) in [6, 6.07) is 2.11. The molecule has 2 aromatic heterocycles. The summed E-state index contributed by atoms with van der Waals surface area (Å²) in [5.74, 6) is 0.555. The van der Waals surface area contributed by atoms with Crippen LogP contribution in [0.25, 0.3) is 11.3 Å². The van der Waals surface area contributed by atoms with E-state index in [2.05, 4.69) is 32.2 Å². The number of piperidine rings is 1. The highest BCUT2D eigenvalue weighted by atomic mass is 35.5. The maximum Gasteiger partial charge on any atom is 0.232 e. The van der Waals surface area contributed by atoms with E-state index in [9.17, 15) is 5.11 Å². The first-order chi connectivity index (χ1) is 14.4. The maximum absolute atomic E-state index is 10.2. The largest absolute Gasteiger partial charge is 0.473 e. The van der Waals surface area contributed by atoms with Gasteiger partial charge in [-0.2, -0.15) is 0 Å². The molecule has 2 aromatic rings. The van der Waals surface area contributed by atoms with Gasteiger partial charge in [0, 0.05) is 36.6 Å². The predicted molar refractivity (Wildman–Crippen MR) is 118 cm³/mol. The highest BCUT2D eigenvalue weighted by molar-refractivity contribution is 6.29. The van der Waals surface area contributed by atoms with Crippen LogP contribution < -0.4 is 10.1 Å². The topological polar surface area (TPSA) is 83.4 Å². The molecular weight excluding hydrogens is 402 g/mol. The highest BCUT2D eigenvalue weighted by Crippen LogP contribution is 2.33. The number of hydrogen-bond acceptors (Lipinski definition) is 7. The van der Waals surface area contributed by atoms with Gasteiger partial charge in [-0.25, -0.2) is 15.0 Å². The molecule has 3 heterocycles. The van der Waals surface area contributed by atoms with Crippen molar-refractivity contribution in [3.63, 3.8) is 0 Å². The van der Waals surface area contributed by atoms with E-state index >= 15 is 0 Å². The SMILES string of the molecule is CN1CCC(Oc2cnc(-c3cnc(Cl)cc3NC3CCC(C)(O)CC3)cn2)CC1. The van der Waals surface area contributed by atoms with Crippen molar-refractivity contribution < 1.29 is 9.84 Å². The molecule has 1 aliphatic carbocycles. The van der Waals surface area contributed by atoms with Gasteiger partial charge in [0.05, 0.1) is 23.7 Å². The smallest absolute Gasteiger partial charge is 0.232 e. The number of aromatic nitrogens is 3. The Morgan fingerprint density at radius 3 is 2.50 bits per heavy atom. The molecule has 0 aromatic carbocycles. The van der Waals surface area contributed by atoms with Crippen LogP contribution in [-0.2, 0) is 0 Å². The van der Waals surface area contributed by atoms with Crippen molar-refractivity contribution in [1.29, 1.82) is 0 Å². The molecular formula is C22H30ClN5O2. The summed E-state index contributed by atoms with van der Waals surface area (Å²) in [7, 11) is 2.13. The number of anilines is 1. The molecule has 2 N–H and O–H groups in total. The molecule has 1 saturated carbocycles. The highest BCUT2D eigenvalue weighted by Gasteiger charge is 2.29. The Labute approximate surface area is 182 Å². The van der Waals surface area contributed by atoms with Crippen molar-refractivity contribution in [2.24, 2.45) is 0 Å². The van der Waals surface area contributed by atoms with Gasteiger partial charge in [-0.1, -0.05) is 11.6 Å². The number of aliphatic hydroxyl groups is 1. The van der Waals surface area contributed by atoms with Gasteiger partial charge in [-0.3, -0.25) is 0 Å². The van der Waals surface area contributed by atoms with Crippen molar-refractivity contribution >= 4 is 17.3 Å². The lowest BCUT2D eigenvalue weighted by Gasteiger charge is -2.34. The third-order valence-electron chi connectivity index (χ3n) is 6.15. The summed E-state index contributed by atoms with van der Waals surface area (Å²) in [5, 5.41) is 14.2. The van der Waals surface area contributed by atoms with Crippen LogP contribution in [0.2, 0.25) is 5.15 Å². The molecule has 1 saturated heterocycles. The lowest BCUT2D eigenvalue weighted by Crippen LogP contribution is -2.35. The lowest BCUT2D eigenvalue weighted by atomic mass is 9.83. The monoisotopic (exact) mass is 431 g/mol. The summed E-state index contributed by atoms with van der Waals surface area (Å²) in [6.45, 7) is 3.99. The first-order valence-corrected chi connectivity index (χ1v) is 11.1. The molecule has 1 aliphatic heterocycles. The Hall–Kier alpha value is -1.96. The van der Waals surface area contributed by atoms with Crippen LogP contribution in [-0.4, -0.2) is 62.8 Å². The van der Waals surface area contributed by atoms with Crippen LogP contribution >= 0.6 is 11.6 Å². The fraction of sp³-hybridized carbons (Fsp3) is 0.591. The van der Waals surface area contributed by atoms with Gasteiger partial charge >= 0.3 is 0 Å². The van der Waals surface area contributed by atoms with Crippen LogP contribution in [0.1, 0.15) is 45.4 Å². The Morgan fingerprint density at radius 2 is 1.83 bits per heavy atom. The zero-order chi connectivity index (χ0) is 21.1. The van der Waals surface area contributed by atoms with Crippen molar-refractivity contribution in [3.05, 3.63) is 29.8 Å². The molecule has 8 heteroatoms. The first-order valence-electron chi connectivity index (χ1n) is 10.7. The summed E-state index contributed by atoms with van der Waals surface area (Å²) in [6.07, 6.45) is 10.7. The molecule has 0 radical (unpaired) electrons. The van der Waals surface area contributed by atoms with E-state index in [0.29, 0.717) is 11.0 Å². The van der Waals surface area contributed by atoms with Gasteiger partial charge in [-0.15, -0.1) is 0 Å². The number of nitrogens with zero attached hydrogens (tertiary/aromatic N) is 4. The zero-order valence-corrected chi connectivity index (χ0v) is 18.4. The maximum atomic E-state index is 10.2. The molecule has 2 fully saturated rings. The van der Waals surface area contributed by atoms with Crippen LogP contribution in [0, 0.1) is 0 Å². The molecule has 7 nitrogen and oxygen atoms in total. The zero-order valence-electron chi connectivity index (χ0n) is 17.6. The van der Waals surface area contributed by atoms with Crippen molar-refractivity contribution in [3.8, 4) is 17.1 Å². The van der Waals surface area contributed by atoms with Gasteiger partial charge in [0.2, 0.25) is 5.88 Å². The number of nitrogens with one attached hydrogen (secondary N) is 1. The van der Waals surface area contributed by atoms with Crippen molar-refractivity contribution in [1.82, 2.24) is 19.9 Å². The van der Waals surface area contributed by atoms with E-state index in [4.69, 9.17) is 16.3 Å². The molecule has 0 amide bonds. The third kappa shape index (κ3) is 5.39. The summed E-state index contributed by atoms with van der Waals surface area (Å²) >= 11 is 6.16. The Bertz CT molecular complexity index is 843. The molecule has 0 bridgehead atoms. The fourth-order valence-corrected chi connectivity index (χ4v) is 4.30. The van der Waals surface area contributed by atoms with E-state index < -0.39 is 5.60 Å². The Balaban J connectivity index is 1.45. The van der Waals surface area contributed by atoms with Gasteiger partial charge < -0.3 is 20.1 Å². The van der Waals surface area contributed by atoms with Gasteiger partial charge in [0.1, 0.15) is 11.3 Å². The second-order valence-electron chi connectivity index (χ2n) is 8.83. The summed E-state index contributed by atoms with van der Waals surface area (Å²) < 4.78 is 6.01. The minimum Gasteiger partial charge on any atom is -0.473 e.